The molecule has 6 heteroatoms. The van der Waals surface area contributed by atoms with Crippen molar-refractivity contribution in [1.82, 2.24) is 0 Å². The van der Waals surface area contributed by atoms with Crippen LogP contribution in [0.4, 0.5) is 17.1 Å². The zero-order chi connectivity index (χ0) is 22.6. The number of halogens is 1. The first kappa shape index (κ1) is 20.3. The third kappa shape index (κ3) is 3.06. The number of amides is 1. The molecule has 33 heavy (non-hydrogen) atoms. The van der Waals surface area contributed by atoms with Crippen molar-refractivity contribution >= 4 is 40.3 Å². The Kier molecular flexibility index (Phi) is 4.70. The van der Waals surface area contributed by atoms with E-state index in [1.54, 1.807) is 5.01 Å². The lowest BCUT2D eigenvalue weighted by Crippen LogP contribution is -2.67. The fourth-order valence-corrected chi connectivity index (χ4v) is 5.90. The standard InChI is InChI=1S/C27H25ClN4O/c1-19-27(26(33)32(29-19)22-10-3-2-4-11-22)17-20-8-5-6-13-24(20)31-15-14-30(18-25(27)31)23-12-7-9-21(28)16-23/h2-13,16,25H,14-15,17-18H2,1H3. The Hall–Kier alpha value is -3.31. The molecule has 6 rings (SSSR count). The molecular formula is C27H25ClN4O. The maximum absolute atomic E-state index is 14.2. The van der Waals surface area contributed by atoms with Crippen LogP contribution in [0.25, 0.3) is 0 Å². The number of nitrogens with zero attached hydrogens (tertiary/aromatic N) is 4. The maximum Gasteiger partial charge on any atom is 0.261 e. The first-order valence-corrected chi connectivity index (χ1v) is 11.8. The molecule has 3 aromatic rings. The highest BCUT2D eigenvalue weighted by atomic mass is 35.5. The molecule has 0 aromatic heterocycles. The van der Waals surface area contributed by atoms with Crippen LogP contribution in [0.3, 0.4) is 0 Å². The van der Waals surface area contributed by atoms with Gasteiger partial charge in [0.25, 0.3) is 5.91 Å². The second kappa shape index (κ2) is 7.63. The van der Waals surface area contributed by atoms with Gasteiger partial charge in [-0.2, -0.15) is 10.1 Å². The first-order chi connectivity index (χ1) is 16.1. The van der Waals surface area contributed by atoms with Gasteiger partial charge in [-0.25, -0.2) is 0 Å². The third-order valence-electron chi connectivity index (χ3n) is 7.36. The van der Waals surface area contributed by atoms with E-state index in [1.165, 1.54) is 11.3 Å². The maximum atomic E-state index is 14.2. The quantitative estimate of drug-likeness (QED) is 0.544. The lowest BCUT2D eigenvalue weighted by Gasteiger charge is -2.53. The van der Waals surface area contributed by atoms with E-state index in [9.17, 15) is 4.79 Å². The van der Waals surface area contributed by atoms with E-state index in [-0.39, 0.29) is 11.9 Å². The number of rotatable bonds is 2. The van der Waals surface area contributed by atoms with E-state index in [0.717, 1.165) is 41.7 Å². The van der Waals surface area contributed by atoms with Crippen molar-refractivity contribution in [3.8, 4) is 0 Å². The van der Waals surface area contributed by atoms with Crippen LogP contribution in [0.5, 0.6) is 0 Å². The van der Waals surface area contributed by atoms with Crippen molar-refractivity contribution in [3.63, 3.8) is 0 Å². The highest BCUT2D eigenvalue weighted by molar-refractivity contribution is 6.30. The van der Waals surface area contributed by atoms with Gasteiger partial charge in [0.15, 0.2) is 0 Å². The number of benzene rings is 3. The number of carbonyl (C=O) groups excluding carboxylic acids is 1. The van der Waals surface area contributed by atoms with Gasteiger partial charge < -0.3 is 9.80 Å². The average Bonchev–Trinajstić information content (AvgIpc) is 3.10. The molecule has 3 aliphatic heterocycles. The molecule has 166 valence electrons. The largest absolute Gasteiger partial charge is 0.368 e. The lowest BCUT2D eigenvalue weighted by molar-refractivity contribution is -0.125. The molecule has 3 aliphatic rings. The summed E-state index contributed by atoms with van der Waals surface area (Å²) < 4.78 is 0. The SMILES string of the molecule is CC1=NN(c2ccccc2)C(=O)C12Cc1ccccc1N1CCN(c3cccc(Cl)c3)CC12. The van der Waals surface area contributed by atoms with Crippen LogP contribution in [0, 0.1) is 5.41 Å². The summed E-state index contributed by atoms with van der Waals surface area (Å²) in [7, 11) is 0. The molecule has 0 bridgehead atoms. The van der Waals surface area contributed by atoms with Crippen molar-refractivity contribution in [2.45, 2.75) is 19.4 Å². The highest BCUT2D eigenvalue weighted by Crippen LogP contribution is 2.48. The second-order valence-corrected chi connectivity index (χ2v) is 9.49. The molecular weight excluding hydrogens is 432 g/mol. The van der Waals surface area contributed by atoms with Crippen LogP contribution in [-0.2, 0) is 11.2 Å². The van der Waals surface area contributed by atoms with Gasteiger partial charge in [-0.15, -0.1) is 0 Å². The minimum atomic E-state index is -0.707. The smallest absolute Gasteiger partial charge is 0.261 e. The van der Waals surface area contributed by atoms with Gasteiger partial charge in [0.05, 0.1) is 17.4 Å². The Morgan fingerprint density at radius 1 is 0.939 bits per heavy atom. The fraction of sp³-hybridized carbons (Fsp3) is 0.259. The minimum Gasteiger partial charge on any atom is -0.368 e. The Morgan fingerprint density at radius 3 is 2.52 bits per heavy atom. The lowest BCUT2D eigenvalue weighted by atomic mass is 9.67. The fourth-order valence-electron chi connectivity index (χ4n) is 5.72. The van der Waals surface area contributed by atoms with Gasteiger partial charge in [0.1, 0.15) is 5.41 Å². The van der Waals surface area contributed by atoms with Crippen molar-refractivity contribution in [1.29, 1.82) is 0 Å². The summed E-state index contributed by atoms with van der Waals surface area (Å²) in [5.41, 5.74) is 4.53. The second-order valence-electron chi connectivity index (χ2n) is 9.05. The van der Waals surface area contributed by atoms with Crippen LogP contribution in [0.2, 0.25) is 5.02 Å². The Morgan fingerprint density at radius 2 is 1.70 bits per heavy atom. The average molecular weight is 457 g/mol. The molecule has 0 saturated carbocycles. The van der Waals surface area contributed by atoms with Crippen LogP contribution >= 0.6 is 11.6 Å². The van der Waals surface area contributed by atoms with E-state index in [0.29, 0.717) is 6.42 Å². The molecule has 5 nitrogen and oxygen atoms in total. The monoisotopic (exact) mass is 456 g/mol. The molecule has 1 fully saturated rings. The summed E-state index contributed by atoms with van der Waals surface area (Å²) in [4.78, 5) is 19.0. The number of hydrogen-bond acceptors (Lipinski definition) is 4. The van der Waals surface area contributed by atoms with Crippen LogP contribution in [0.15, 0.2) is 84.0 Å². The van der Waals surface area contributed by atoms with Gasteiger partial charge in [0, 0.05) is 36.0 Å². The predicted molar refractivity (Wildman–Crippen MR) is 134 cm³/mol. The normalized spacial score (nSPS) is 24.1. The van der Waals surface area contributed by atoms with Crippen molar-refractivity contribution in [3.05, 3.63) is 89.4 Å². The molecule has 0 radical (unpaired) electrons. The molecule has 1 amide bonds. The number of para-hydroxylation sites is 2. The topological polar surface area (TPSA) is 39.2 Å². The number of anilines is 3. The van der Waals surface area contributed by atoms with Crippen molar-refractivity contribution in [2.75, 3.05) is 34.4 Å². The summed E-state index contributed by atoms with van der Waals surface area (Å²) in [6.45, 7) is 4.46. The molecule has 3 heterocycles. The molecule has 2 atom stereocenters. The van der Waals surface area contributed by atoms with Gasteiger partial charge in [-0.3, -0.25) is 4.79 Å². The molecule has 1 spiro atoms. The Balaban J connectivity index is 1.45. The van der Waals surface area contributed by atoms with Crippen molar-refractivity contribution in [2.24, 2.45) is 10.5 Å². The number of hydrogen-bond donors (Lipinski definition) is 0. The number of fused-ring (bicyclic) bond motifs is 4. The zero-order valence-corrected chi connectivity index (χ0v) is 19.2. The molecule has 1 saturated heterocycles. The van der Waals surface area contributed by atoms with E-state index in [1.807, 2.05) is 55.5 Å². The summed E-state index contributed by atoms with van der Waals surface area (Å²) in [6.07, 6.45) is 0.658. The van der Waals surface area contributed by atoms with E-state index < -0.39 is 5.41 Å². The zero-order valence-electron chi connectivity index (χ0n) is 18.5. The number of hydrazone groups is 1. The number of piperazine rings is 1. The van der Waals surface area contributed by atoms with Gasteiger partial charge in [0.2, 0.25) is 0 Å². The van der Waals surface area contributed by atoms with Gasteiger partial charge >= 0.3 is 0 Å². The summed E-state index contributed by atoms with van der Waals surface area (Å²) in [5.74, 6) is 0.0589. The van der Waals surface area contributed by atoms with Crippen LogP contribution in [-0.4, -0.2) is 37.3 Å². The third-order valence-corrected chi connectivity index (χ3v) is 7.60. The Labute approximate surface area is 198 Å². The van der Waals surface area contributed by atoms with E-state index in [2.05, 4.69) is 40.1 Å². The Bertz CT molecular complexity index is 1260. The summed E-state index contributed by atoms with van der Waals surface area (Å²) in [5, 5.41) is 7.16. The van der Waals surface area contributed by atoms with Crippen LogP contribution in [0.1, 0.15) is 12.5 Å². The summed E-state index contributed by atoms with van der Waals surface area (Å²) >= 11 is 6.31. The molecule has 0 N–H and O–H groups in total. The minimum absolute atomic E-state index is 0.0231. The van der Waals surface area contributed by atoms with E-state index in [4.69, 9.17) is 16.7 Å². The van der Waals surface area contributed by atoms with Gasteiger partial charge in [-0.05, 0) is 55.3 Å². The molecule has 0 aliphatic carbocycles. The first-order valence-electron chi connectivity index (χ1n) is 11.4. The molecule has 3 aromatic carbocycles. The predicted octanol–water partition coefficient (Wildman–Crippen LogP) is 5.00. The number of carbonyl (C=O) groups is 1. The highest BCUT2D eigenvalue weighted by Gasteiger charge is 2.59. The molecule has 2 unspecified atom stereocenters. The van der Waals surface area contributed by atoms with Gasteiger partial charge in [-0.1, -0.05) is 54.1 Å². The van der Waals surface area contributed by atoms with E-state index >= 15 is 0 Å². The van der Waals surface area contributed by atoms with Crippen LogP contribution < -0.4 is 14.8 Å². The summed E-state index contributed by atoms with van der Waals surface area (Å²) in [6, 6.07) is 26.2. The van der Waals surface area contributed by atoms with Crippen molar-refractivity contribution < 1.29 is 4.79 Å².